The van der Waals surface area contributed by atoms with E-state index in [0.717, 1.165) is 5.56 Å². The normalized spacial score (nSPS) is 16.9. The van der Waals surface area contributed by atoms with Crippen molar-refractivity contribution in [2.75, 3.05) is 0 Å². The number of likely N-dealkylation sites (tertiary alicyclic amines) is 1. The van der Waals surface area contributed by atoms with Gasteiger partial charge in [0.1, 0.15) is 11.8 Å². The zero-order valence-corrected chi connectivity index (χ0v) is 16.2. The van der Waals surface area contributed by atoms with Gasteiger partial charge in [-0.2, -0.15) is 4.98 Å². The third-order valence-electron chi connectivity index (χ3n) is 4.67. The number of hydrogen-bond donors (Lipinski definition) is 0. The van der Waals surface area contributed by atoms with Gasteiger partial charge < -0.3 is 14.2 Å². The van der Waals surface area contributed by atoms with Crippen LogP contribution in [-0.4, -0.2) is 27.3 Å². The Hall–Kier alpha value is -3.07. The molecule has 4 rings (SSSR count). The van der Waals surface area contributed by atoms with Crippen molar-refractivity contribution in [3.8, 4) is 17.1 Å². The van der Waals surface area contributed by atoms with Gasteiger partial charge in [-0.25, -0.2) is 0 Å². The summed E-state index contributed by atoms with van der Waals surface area (Å²) in [5, 5.41) is 4.57. The van der Waals surface area contributed by atoms with Crippen molar-refractivity contribution in [1.29, 1.82) is 0 Å². The van der Waals surface area contributed by atoms with Crippen LogP contribution in [0.4, 0.5) is 13.2 Å². The third-order valence-corrected chi connectivity index (χ3v) is 4.92. The maximum Gasteiger partial charge on any atom is 0.573 e. The van der Waals surface area contributed by atoms with E-state index in [9.17, 15) is 18.0 Å². The van der Waals surface area contributed by atoms with E-state index in [1.165, 1.54) is 24.3 Å². The molecule has 30 heavy (non-hydrogen) atoms. The summed E-state index contributed by atoms with van der Waals surface area (Å²) in [5.41, 5.74) is 1.38. The SMILES string of the molecule is O=C1CCC(c2nc(-c3ccc(Cl)cc3)no2)N1Cc1ccc(OC(F)(F)F)cc1. The molecule has 1 aliphatic heterocycles. The molecule has 3 aromatic rings. The Morgan fingerprint density at radius 3 is 2.50 bits per heavy atom. The molecule has 0 spiro atoms. The molecule has 0 saturated carbocycles. The topological polar surface area (TPSA) is 68.5 Å². The lowest BCUT2D eigenvalue weighted by molar-refractivity contribution is -0.274. The van der Waals surface area contributed by atoms with Crippen molar-refractivity contribution < 1.29 is 27.2 Å². The molecule has 2 aromatic carbocycles. The summed E-state index contributed by atoms with van der Waals surface area (Å²) in [7, 11) is 0. The number of ether oxygens (including phenoxy) is 1. The van der Waals surface area contributed by atoms with Gasteiger partial charge >= 0.3 is 6.36 Å². The van der Waals surface area contributed by atoms with Crippen LogP contribution in [0.15, 0.2) is 53.1 Å². The summed E-state index contributed by atoms with van der Waals surface area (Å²) in [6.07, 6.45) is -3.92. The summed E-state index contributed by atoms with van der Waals surface area (Å²) < 4.78 is 46.2. The standard InChI is InChI=1S/C20H15ClF3N3O3/c21-14-5-3-13(4-6-14)18-25-19(30-26-18)16-9-10-17(28)27(16)11-12-1-7-15(8-2-12)29-20(22,23)24/h1-8,16H,9-11H2. The predicted octanol–water partition coefficient (Wildman–Crippen LogP) is 5.15. The summed E-state index contributed by atoms with van der Waals surface area (Å²) in [4.78, 5) is 18.4. The van der Waals surface area contributed by atoms with Gasteiger partial charge in [-0.05, 0) is 48.4 Å². The molecule has 1 aliphatic rings. The van der Waals surface area contributed by atoms with E-state index < -0.39 is 12.4 Å². The minimum absolute atomic E-state index is 0.0955. The van der Waals surface area contributed by atoms with Gasteiger partial charge in [0, 0.05) is 23.6 Å². The van der Waals surface area contributed by atoms with Crippen LogP contribution in [0.5, 0.6) is 5.75 Å². The molecule has 0 N–H and O–H groups in total. The van der Waals surface area contributed by atoms with E-state index in [-0.39, 0.29) is 18.2 Å². The van der Waals surface area contributed by atoms with Gasteiger partial charge in [0.05, 0.1) is 0 Å². The molecule has 156 valence electrons. The van der Waals surface area contributed by atoms with E-state index in [1.807, 2.05) is 0 Å². The van der Waals surface area contributed by atoms with Crippen LogP contribution in [0.3, 0.4) is 0 Å². The number of hydrogen-bond acceptors (Lipinski definition) is 5. The first kappa shape index (κ1) is 20.2. The molecule has 1 unspecified atom stereocenters. The molecular formula is C20H15ClF3N3O3. The molecule has 2 heterocycles. The Morgan fingerprint density at radius 2 is 1.83 bits per heavy atom. The van der Waals surface area contributed by atoms with Crippen LogP contribution in [0, 0.1) is 0 Å². The van der Waals surface area contributed by atoms with E-state index in [1.54, 1.807) is 29.2 Å². The van der Waals surface area contributed by atoms with Gasteiger partial charge in [0.25, 0.3) is 0 Å². The van der Waals surface area contributed by atoms with Gasteiger partial charge in [-0.15, -0.1) is 13.2 Å². The molecule has 1 atom stereocenters. The summed E-state index contributed by atoms with van der Waals surface area (Å²) >= 11 is 5.89. The van der Waals surface area contributed by atoms with Crippen molar-refractivity contribution in [2.45, 2.75) is 31.8 Å². The maximum absolute atomic E-state index is 12.4. The number of carbonyl (C=O) groups excluding carboxylic acids is 1. The fourth-order valence-electron chi connectivity index (χ4n) is 3.27. The molecule has 0 aliphatic carbocycles. The van der Waals surface area contributed by atoms with Crippen LogP contribution in [-0.2, 0) is 11.3 Å². The van der Waals surface area contributed by atoms with Crippen molar-refractivity contribution >= 4 is 17.5 Å². The first-order chi connectivity index (χ1) is 14.3. The highest BCUT2D eigenvalue weighted by atomic mass is 35.5. The monoisotopic (exact) mass is 437 g/mol. The number of amides is 1. The molecule has 6 nitrogen and oxygen atoms in total. The number of halogens is 4. The Bertz CT molecular complexity index is 1040. The number of carbonyl (C=O) groups is 1. The number of rotatable bonds is 5. The number of benzene rings is 2. The molecule has 1 amide bonds. The average Bonchev–Trinajstić information content (AvgIpc) is 3.30. The second kappa shape index (κ2) is 7.98. The highest BCUT2D eigenvalue weighted by Crippen LogP contribution is 2.34. The zero-order valence-electron chi connectivity index (χ0n) is 15.4. The quantitative estimate of drug-likeness (QED) is 0.552. The Morgan fingerprint density at radius 1 is 1.13 bits per heavy atom. The largest absolute Gasteiger partial charge is 0.573 e. The zero-order chi connectivity index (χ0) is 21.3. The second-order valence-electron chi connectivity index (χ2n) is 6.73. The van der Waals surface area contributed by atoms with Crippen LogP contribution < -0.4 is 4.74 Å². The van der Waals surface area contributed by atoms with Gasteiger partial charge in [-0.1, -0.05) is 28.9 Å². The van der Waals surface area contributed by atoms with E-state index in [2.05, 4.69) is 14.9 Å². The first-order valence-corrected chi connectivity index (χ1v) is 9.40. The fraction of sp³-hybridized carbons (Fsp3) is 0.250. The number of alkyl halides is 3. The Balaban J connectivity index is 1.50. The minimum Gasteiger partial charge on any atom is -0.406 e. The molecule has 10 heteroatoms. The molecule has 0 radical (unpaired) electrons. The Labute approximate surface area is 174 Å². The molecule has 1 fully saturated rings. The van der Waals surface area contributed by atoms with Gasteiger partial charge in [0.2, 0.25) is 17.6 Å². The van der Waals surface area contributed by atoms with Crippen molar-refractivity contribution in [3.05, 3.63) is 65.0 Å². The smallest absolute Gasteiger partial charge is 0.406 e. The Kier molecular flexibility index (Phi) is 5.38. The number of nitrogens with zero attached hydrogens (tertiary/aromatic N) is 3. The summed E-state index contributed by atoms with van der Waals surface area (Å²) in [5.74, 6) is 0.277. The molecular weight excluding hydrogens is 423 g/mol. The maximum atomic E-state index is 12.4. The van der Waals surface area contributed by atoms with Gasteiger partial charge in [-0.3, -0.25) is 4.79 Å². The van der Waals surface area contributed by atoms with Crippen LogP contribution in [0.25, 0.3) is 11.4 Å². The average molecular weight is 438 g/mol. The number of aromatic nitrogens is 2. The lowest BCUT2D eigenvalue weighted by Crippen LogP contribution is -2.27. The van der Waals surface area contributed by atoms with E-state index in [0.29, 0.717) is 35.1 Å². The highest BCUT2D eigenvalue weighted by Gasteiger charge is 2.36. The third kappa shape index (κ3) is 4.56. The van der Waals surface area contributed by atoms with Crippen molar-refractivity contribution in [1.82, 2.24) is 15.0 Å². The second-order valence-corrected chi connectivity index (χ2v) is 7.17. The van der Waals surface area contributed by atoms with Gasteiger partial charge in [0.15, 0.2) is 0 Å². The highest BCUT2D eigenvalue weighted by molar-refractivity contribution is 6.30. The fourth-order valence-corrected chi connectivity index (χ4v) is 3.39. The van der Waals surface area contributed by atoms with E-state index >= 15 is 0 Å². The van der Waals surface area contributed by atoms with Crippen molar-refractivity contribution in [3.63, 3.8) is 0 Å². The minimum atomic E-state index is -4.75. The summed E-state index contributed by atoms with van der Waals surface area (Å²) in [6.45, 7) is 0.203. The molecule has 0 bridgehead atoms. The molecule has 1 aromatic heterocycles. The lowest BCUT2D eigenvalue weighted by Gasteiger charge is -2.22. The van der Waals surface area contributed by atoms with Crippen LogP contribution in [0.1, 0.15) is 30.3 Å². The van der Waals surface area contributed by atoms with Crippen molar-refractivity contribution in [2.24, 2.45) is 0 Å². The first-order valence-electron chi connectivity index (χ1n) is 9.02. The van der Waals surface area contributed by atoms with Crippen LogP contribution >= 0.6 is 11.6 Å². The molecule has 1 saturated heterocycles. The van der Waals surface area contributed by atoms with E-state index in [4.69, 9.17) is 16.1 Å². The lowest BCUT2D eigenvalue weighted by atomic mass is 10.1. The van der Waals surface area contributed by atoms with Crippen LogP contribution in [0.2, 0.25) is 5.02 Å². The summed E-state index contributed by atoms with van der Waals surface area (Å²) in [6, 6.07) is 11.9. The predicted molar refractivity (Wildman–Crippen MR) is 100 cm³/mol.